The van der Waals surface area contributed by atoms with Gasteiger partial charge in [-0.05, 0) is 397 Å². The molecule has 12 aliphatic rings. The molecule has 12 bridgehead atoms. The molecule has 0 saturated heterocycles. The number of ether oxygens (including phenoxy) is 6. The van der Waals surface area contributed by atoms with Crippen molar-refractivity contribution < 1.29 is 47.6 Å². The molecule has 12 nitrogen and oxygen atoms in total. The molecule has 29 aromatic rings. The van der Waals surface area contributed by atoms with Crippen LogP contribution in [0.4, 0.5) is 11.4 Å². The molecule has 29 aromatic carbocycles. The number of nitrogens with one attached hydrogen (secondary N) is 2. The minimum absolute atomic E-state index is 0.333. The van der Waals surface area contributed by atoms with E-state index in [0.29, 0.717) is 63.5 Å². The Balaban J connectivity index is 0.773. The zero-order valence-corrected chi connectivity index (χ0v) is 72.2. The van der Waals surface area contributed by atoms with Gasteiger partial charge in [0.05, 0.1) is 62.3 Å². The van der Waals surface area contributed by atoms with E-state index in [2.05, 4.69) is 128 Å². The summed E-state index contributed by atoms with van der Waals surface area (Å²) in [6.45, 7) is 24.0. The Labute approximate surface area is 723 Å². The van der Waals surface area contributed by atoms with E-state index in [1.165, 1.54) is 240 Å². The first-order valence-electron chi connectivity index (χ1n) is 47.3. The third-order valence-corrected chi connectivity index (χ3v) is 38.5. The van der Waals surface area contributed by atoms with Gasteiger partial charge in [0.25, 0.3) is 0 Å². The van der Waals surface area contributed by atoms with Crippen LogP contribution in [-0.2, 0) is 86.8 Å². The average molecular weight is 1650 g/mol. The lowest BCUT2D eigenvalue weighted by molar-refractivity contribution is -0.153. The second kappa shape index (κ2) is 17.1. The predicted molar refractivity (Wildman–Crippen MR) is 511 cm³/mol. The van der Waals surface area contributed by atoms with Crippen molar-refractivity contribution in [1.29, 1.82) is 0 Å². The molecule has 2 saturated carbocycles. The fourth-order valence-electron chi connectivity index (χ4n) is 36.3. The number of fused-ring (bicyclic) bond motifs is 2. The van der Waals surface area contributed by atoms with E-state index in [-0.39, 0.29) is 10.8 Å². The molecule has 2 N–H and O–H groups in total. The lowest BCUT2D eigenvalue weighted by atomic mass is 9.65. The molecule has 6 unspecified atom stereocenters. The topological polar surface area (TPSA) is 148 Å². The van der Waals surface area contributed by atoms with Gasteiger partial charge in [0.1, 0.15) is 23.0 Å². The van der Waals surface area contributed by atoms with Crippen LogP contribution in [0.15, 0.2) is 48.5 Å². The summed E-state index contributed by atoms with van der Waals surface area (Å²) < 4.78 is 43.9. The van der Waals surface area contributed by atoms with Crippen LogP contribution in [-0.4, -0.2) is 64.4 Å². The fraction of sp³-hybridized carbons (Fsp3) is 0.276. The van der Waals surface area contributed by atoms with E-state index in [4.69, 9.17) is 28.4 Å². The smallest absolute Gasteiger partial charge is 0.324 e. The second-order valence-corrected chi connectivity index (χ2v) is 44.5. The summed E-state index contributed by atoms with van der Waals surface area (Å²) in [5.41, 5.74) is 5.93. The zero-order valence-electron chi connectivity index (χ0n) is 72.2. The Bertz CT molecular complexity index is 10000. The highest BCUT2D eigenvalue weighted by molar-refractivity contribution is 6.80. The minimum Gasteiger partial charge on any atom is -0.493 e. The van der Waals surface area contributed by atoms with Crippen LogP contribution < -0.4 is 34.8 Å². The van der Waals surface area contributed by atoms with Crippen LogP contribution in [0.25, 0.3) is 264 Å². The van der Waals surface area contributed by atoms with Gasteiger partial charge in [0.2, 0.25) is 11.8 Å². The number of carbonyl (C=O) groups is 4. The summed E-state index contributed by atoms with van der Waals surface area (Å²) in [6.07, 6.45) is 4.28. The van der Waals surface area contributed by atoms with Crippen molar-refractivity contribution in [2.24, 2.45) is 10.8 Å². The first kappa shape index (κ1) is 63.6. The summed E-state index contributed by atoms with van der Waals surface area (Å²) in [7, 11) is 3.07. The minimum atomic E-state index is -2.20. The molecular weight excluding hydrogens is 1580 g/mol. The number of rotatable bonds is 14. The molecule has 6 atom stereocenters. The number of methoxy groups -OCH3 is 2. The predicted octanol–water partition coefficient (Wildman–Crippen LogP) is 24.4. The standard InChI is InChI=1S/C116H70N2O10/c1-13-17-125-100-33-21-37-29-43-31-39(102(37)127-19-15-3)23-35-27-42(110(8,9)10)28-36(101(35)126-18-14-2)24-40-32-44(30-38(103(40)128-20-16-4)22-34(100)26-41(25-33)109(5,6)7)118-106(120)116(108(122)124-12)112-95-84-74-64-54-48-45-46-51-57-53-47(45)49-50(48)56-62-61-55(49)65-63(53)73-67(57)77-69-59(51)60-52(46)58(54)68(74)78-70(60)80-79(69)89-87(77)94-83(73)85-75(65)71(61)81-82-72(62)76(66(56)64)86(84)97(112)92(82)93-91(81)96(85)111(94)113(115(111,105(119)117-43)107(121)123-11)98(89)99(90(80)88(78)95)114(112,116)104(93)113/h25-32H,13-24H2,1-12H3,(H,117,119)(H,118,120). The van der Waals surface area contributed by atoms with Crippen molar-refractivity contribution in [3.63, 3.8) is 0 Å². The molecule has 2 heterocycles. The van der Waals surface area contributed by atoms with Gasteiger partial charge in [-0.15, -0.1) is 0 Å². The molecule has 2 amide bonds. The molecule has 604 valence electrons. The molecule has 41 rings (SSSR count). The van der Waals surface area contributed by atoms with E-state index < -0.39 is 56.2 Å². The highest BCUT2D eigenvalue weighted by Crippen LogP contribution is 3.05. The number of carbonyl (C=O) groups excluding carboxylic acids is 4. The van der Waals surface area contributed by atoms with Crippen molar-refractivity contribution in [3.05, 3.63) is 143 Å². The molecular formula is C116H70N2O10. The quantitative estimate of drug-likeness (QED) is 0.0612. The zero-order chi connectivity index (χ0) is 83.7. The molecule has 0 radical (unpaired) electrons. The van der Waals surface area contributed by atoms with Crippen LogP contribution in [0.3, 0.4) is 0 Å². The average Bonchev–Trinajstić information content (AvgIpc) is 1.33. The van der Waals surface area contributed by atoms with Crippen molar-refractivity contribution in [2.75, 3.05) is 51.3 Å². The molecule has 12 heteroatoms. The lowest BCUT2D eigenvalue weighted by Gasteiger charge is -2.35. The highest BCUT2D eigenvalue weighted by Gasteiger charge is 3.11. The van der Waals surface area contributed by atoms with Gasteiger partial charge in [-0.1, -0.05) is 93.5 Å². The molecule has 4 spiro atoms. The van der Waals surface area contributed by atoms with Gasteiger partial charge in [-0.3, -0.25) is 19.2 Å². The van der Waals surface area contributed by atoms with Gasteiger partial charge in [-0.25, -0.2) is 0 Å². The van der Waals surface area contributed by atoms with Gasteiger partial charge in [0, 0.05) is 59.3 Å². The van der Waals surface area contributed by atoms with Gasteiger partial charge < -0.3 is 39.1 Å². The number of esters is 2. The summed E-state index contributed by atoms with van der Waals surface area (Å²) in [5, 5.41) is 71.4. The SMILES string of the molecule is CCCOc1c2cc3cc1Cc1cc(C(C)(C)C)cc(c1OCCC)Cc1cc(cc(c1OCCC)Cc1cc(C(C)(C)C)cc(c1OCCC)C2)NC(=O)C1(C(=O)OC)C24C5=c6c7c8c9c%10c%11c%12c%13c(c2c2c%14c%15c%16c%17c(c6c6c7c7c9c9c%18c%10c%10c%12c%12c%13c2c2c%14c%13c%16c%14c%16c%17c6c6c7c9c7c(c%166)c6c%14c%13c9c2c%12c2c%10c%18c7c6c29)C%1514)C51C(C(=O)OC)(C(=O)N3)C8%111. The summed E-state index contributed by atoms with van der Waals surface area (Å²) in [5.74, 6) is 0.800. The molecule has 128 heavy (non-hydrogen) atoms. The van der Waals surface area contributed by atoms with E-state index in [1.54, 1.807) is 0 Å². The highest BCUT2D eigenvalue weighted by atomic mass is 16.5. The van der Waals surface area contributed by atoms with E-state index in [1.807, 2.05) is 0 Å². The Kier molecular flexibility index (Phi) is 8.48. The maximum Gasteiger partial charge on any atom is 0.324 e. The fourth-order valence-corrected chi connectivity index (χ4v) is 36.3. The number of amides is 2. The Morgan fingerprint density at radius 3 is 0.688 bits per heavy atom. The van der Waals surface area contributed by atoms with Crippen molar-refractivity contribution in [3.8, 4) is 23.0 Å². The van der Waals surface area contributed by atoms with Crippen molar-refractivity contribution in [1.82, 2.24) is 0 Å². The summed E-state index contributed by atoms with van der Waals surface area (Å²) >= 11 is 0. The van der Waals surface area contributed by atoms with Crippen LogP contribution in [0, 0.1) is 10.8 Å². The van der Waals surface area contributed by atoms with Gasteiger partial charge in [-0.2, -0.15) is 0 Å². The van der Waals surface area contributed by atoms with Gasteiger partial charge >= 0.3 is 11.9 Å². The van der Waals surface area contributed by atoms with E-state index in [9.17, 15) is 0 Å². The third kappa shape index (κ3) is 4.67. The number of benzene rings is 20. The normalized spacial score (nSPS) is 23.8. The van der Waals surface area contributed by atoms with Crippen molar-refractivity contribution in [2.45, 2.75) is 153 Å². The molecule has 10 aliphatic carbocycles. The number of hydrogen-bond acceptors (Lipinski definition) is 10. The van der Waals surface area contributed by atoms with E-state index >= 15 is 19.2 Å². The number of anilines is 2. The third-order valence-electron chi connectivity index (χ3n) is 38.5. The van der Waals surface area contributed by atoms with Crippen LogP contribution in [0.2, 0.25) is 0 Å². The second-order valence-electron chi connectivity index (χ2n) is 44.5. The molecule has 2 aliphatic heterocycles. The van der Waals surface area contributed by atoms with Crippen LogP contribution in [0.5, 0.6) is 23.0 Å². The Morgan fingerprint density at radius 1 is 0.281 bits per heavy atom. The number of hydrogen-bond donors (Lipinski definition) is 2. The van der Waals surface area contributed by atoms with Crippen molar-refractivity contribution >= 4 is 299 Å². The van der Waals surface area contributed by atoms with Gasteiger partial charge in [0.15, 0.2) is 10.8 Å². The Morgan fingerprint density at radius 2 is 0.477 bits per heavy atom. The summed E-state index contributed by atoms with van der Waals surface area (Å²) in [6, 6.07) is 18.1. The maximum atomic E-state index is 19.8. The van der Waals surface area contributed by atoms with Crippen LogP contribution >= 0.6 is 0 Å². The molecule has 2 fully saturated rings. The Hall–Kier alpha value is -13.3. The summed E-state index contributed by atoms with van der Waals surface area (Å²) in [4.78, 5) is 77.2. The largest absolute Gasteiger partial charge is 0.493 e. The van der Waals surface area contributed by atoms with Crippen LogP contribution in [0.1, 0.15) is 184 Å². The molecule has 0 aromatic heterocycles. The first-order valence-corrected chi connectivity index (χ1v) is 47.3. The monoisotopic (exact) mass is 1650 g/mol. The first-order chi connectivity index (χ1) is 62.3. The lowest BCUT2D eigenvalue weighted by Crippen LogP contribution is -2.43. The maximum absolute atomic E-state index is 19.8. The van der Waals surface area contributed by atoms with E-state index in [0.717, 1.165) is 181 Å².